The van der Waals surface area contributed by atoms with Crippen molar-refractivity contribution in [1.82, 2.24) is 0 Å². The quantitative estimate of drug-likeness (QED) is 0.795. The zero-order valence-electron chi connectivity index (χ0n) is 11.2. The Morgan fingerprint density at radius 1 is 1.35 bits per heavy atom. The van der Waals surface area contributed by atoms with Crippen molar-refractivity contribution in [2.45, 2.75) is 53.0 Å². The largest absolute Gasteiger partial charge is 0.465 e. The lowest BCUT2D eigenvalue weighted by Gasteiger charge is -2.77. The molecule has 0 aromatic heterocycles. The van der Waals surface area contributed by atoms with Crippen LogP contribution in [0.4, 0.5) is 0 Å². The standard InChI is InChI=1S/C13H23NO2.ClH/c1-5-16-10(15)9(14)12-6-13(7-12,8-12)11(2,3)4;/h9H,5-8,14H2,1-4H3;1H/t9-,12?,13?;/m1./s1. The highest BCUT2D eigenvalue weighted by Gasteiger charge is 2.74. The zero-order chi connectivity index (χ0) is 12.2. The third kappa shape index (κ3) is 1.88. The zero-order valence-corrected chi connectivity index (χ0v) is 12.0. The maximum Gasteiger partial charge on any atom is 0.323 e. The second-order valence-electron chi connectivity index (χ2n) is 6.65. The molecular weight excluding hydrogens is 238 g/mol. The highest BCUT2D eigenvalue weighted by atomic mass is 35.5. The minimum atomic E-state index is -0.406. The number of rotatable bonds is 3. The molecular formula is C13H24ClNO2. The van der Waals surface area contributed by atoms with Crippen LogP contribution in [0.25, 0.3) is 0 Å². The first-order valence-corrected chi connectivity index (χ1v) is 6.19. The van der Waals surface area contributed by atoms with Gasteiger partial charge in [0.1, 0.15) is 6.04 Å². The molecule has 0 radical (unpaired) electrons. The summed E-state index contributed by atoms with van der Waals surface area (Å²) < 4.78 is 5.00. The van der Waals surface area contributed by atoms with Gasteiger partial charge < -0.3 is 10.5 Å². The topological polar surface area (TPSA) is 52.3 Å². The minimum Gasteiger partial charge on any atom is -0.465 e. The Hall–Kier alpha value is -0.280. The predicted octanol–water partition coefficient (Wildman–Crippen LogP) is 2.52. The maximum atomic E-state index is 11.6. The number of ether oxygens (including phenoxy) is 1. The Morgan fingerprint density at radius 3 is 2.18 bits per heavy atom. The first-order chi connectivity index (χ1) is 7.26. The van der Waals surface area contributed by atoms with Crippen LogP contribution >= 0.6 is 12.4 Å². The molecule has 3 aliphatic rings. The van der Waals surface area contributed by atoms with E-state index in [1.54, 1.807) is 0 Å². The first-order valence-electron chi connectivity index (χ1n) is 6.19. The fraction of sp³-hybridized carbons (Fsp3) is 0.923. The molecule has 2 N–H and O–H groups in total. The Morgan fingerprint density at radius 2 is 1.82 bits per heavy atom. The number of carbonyl (C=O) groups is 1. The van der Waals surface area contributed by atoms with E-state index >= 15 is 0 Å². The van der Waals surface area contributed by atoms with Crippen LogP contribution in [0.5, 0.6) is 0 Å². The summed E-state index contributed by atoms with van der Waals surface area (Å²) in [5, 5.41) is 0. The molecule has 0 amide bonds. The second kappa shape index (κ2) is 4.13. The van der Waals surface area contributed by atoms with Gasteiger partial charge in [-0.3, -0.25) is 4.79 Å². The Bertz CT molecular complexity index is 302. The van der Waals surface area contributed by atoms with Crippen molar-refractivity contribution < 1.29 is 9.53 Å². The Kier molecular flexibility index (Phi) is 3.59. The van der Waals surface area contributed by atoms with Crippen molar-refractivity contribution in [2.75, 3.05) is 6.61 Å². The van der Waals surface area contributed by atoms with Crippen molar-refractivity contribution in [3.63, 3.8) is 0 Å². The van der Waals surface area contributed by atoms with E-state index in [4.69, 9.17) is 10.5 Å². The van der Waals surface area contributed by atoms with Crippen LogP contribution in [0.1, 0.15) is 47.0 Å². The van der Waals surface area contributed by atoms with Crippen LogP contribution in [-0.4, -0.2) is 18.6 Å². The summed E-state index contributed by atoms with van der Waals surface area (Å²) in [4.78, 5) is 11.6. The molecule has 0 aromatic rings. The molecule has 0 saturated heterocycles. The number of nitrogens with two attached hydrogens (primary N) is 1. The summed E-state index contributed by atoms with van der Waals surface area (Å²) in [6, 6.07) is -0.406. The van der Waals surface area contributed by atoms with E-state index in [1.165, 1.54) is 0 Å². The van der Waals surface area contributed by atoms with Crippen LogP contribution < -0.4 is 5.73 Å². The van der Waals surface area contributed by atoms with Crippen molar-refractivity contribution >= 4 is 18.4 Å². The highest BCUT2D eigenvalue weighted by molar-refractivity contribution is 5.85. The summed E-state index contributed by atoms with van der Waals surface area (Å²) in [5.74, 6) is -0.218. The van der Waals surface area contributed by atoms with Crippen LogP contribution in [0, 0.1) is 16.2 Å². The van der Waals surface area contributed by atoms with Gasteiger partial charge in [-0.05, 0) is 42.4 Å². The van der Waals surface area contributed by atoms with E-state index in [0.29, 0.717) is 17.4 Å². The molecule has 0 aromatic carbocycles. The van der Waals surface area contributed by atoms with Crippen molar-refractivity contribution in [3.8, 4) is 0 Å². The number of esters is 1. The van der Waals surface area contributed by atoms with Gasteiger partial charge >= 0.3 is 5.97 Å². The van der Waals surface area contributed by atoms with Crippen molar-refractivity contribution in [3.05, 3.63) is 0 Å². The lowest BCUT2D eigenvalue weighted by Crippen LogP contribution is -2.74. The van der Waals surface area contributed by atoms with Crippen molar-refractivity contribution in [2.24, 2.45) is 22.0 Å². The van der Waals surface area contributed by atoms with Crippen LogP contribution in [-0.2, 0) is 9.53 Å². The van der Waals surface area contributed by atoms with Gasteiger partial charge in [-0.25, -0.2) is 0 Å². The summed E-state index contributed by atoms with van der Waals surface area (Å²) in [6.45, 7) is 9.10. The van der Waals surface area contributed by atoms with E-state index in [0.717, 1.165) is 19.3 Å². The van der Waals surface area contributed by atoms with Gasteiger partial charge in [0.15, 0.2) is 0 Å². The fourth-order valence-corrected chi connectivity index (χ4v) is 3.47. The first kappa shape index (κ1) is 14.8. The van der Waals surface area contributed by atoms with Gasteiger partial charge in [-0.15, -0.1) is 12.4 Å². The normalized spacial score (nSPS) is 36.1. The summed E-state index contributed by atoms with van der Waals surface area (Å²) in [7, 11) is 0. The van der Waals surface area contributed by atoms with Gasteiger partial charge in [0.2, 0.25) is 0 Å². The number of carbonyl (C=O) groups excluding carboxylic acids is 1. The Labute approximate surface area is 110 Å². The molecule has 100 valence electrons. The third-order valence-electron chi connectivity index (χ3n) is 4.86. The number of halogens is 1. The molecule has 0 spiro atoms. The summed E-state index contributed by atoms with van der Waals surface area (Å²) in [5.41, 5.74) is 6.86. The predicted molar refractivity (Wildman–Crippen MR) is 70.0 cm³/mol. The van der Waals surface area contributed by atoms with Gasteiger partial charge in [0.25, 0.3) is 0 Å². The van der Waals surface area contributed by atoms with Gasteiger partial charge in [-0.2, -0.15) is 0 Å². The molecule has 17 heavy (non-hydrogen) atoms. The van der Waals surface area contributed by atoms with E-state index in [-0.39, 0.29) is 23.8 Å². The fourth-order valence-electron chi connectivity index (χ4n) is 3.47. The lowest BCUT2D eigenvalue weighted by molar-refractivity contribution is -0.268. The summed E-state index contributed by atoms with van der Waals surface area (Å²) in [6.07, 6.45) is 3.30. The highest BCUT2D eigenvalue weighted by Crippen LogP contribution is 2.79. The van der Waals surface area contributed by atoms with Crippen LogP contribution in [0.2, 0.25) is 0 Å². The number of hydrogen-bond donors (Lipinski definition) is 1. The van der Waals surface area contributed by atoms with Crippen molar-refractivity contribution in [1.29, 1.82) is 0 Å². The third-order valence-corrected chi connectivity index (χ3v) is 4.86. The molecule has 2 bridgehead atoms. The van der Waals surface area contributed by atoms with E-state index < -0.39 is 6.04 Å². The van der Waals surface area contributed by atoms with E-state index in [1.807, 2.05) is 6.92 Å². The van der Waals surface area contributed by atoms with Crippen LogP contribution in [0.3, 0.4) is 0 Å². The monoisotopic (exact) mass is 261 g/mol. The van der Waals surface area contributed by atoms with Gasteiger partial charge in [0.05, 0.1) is 6.61 Å². The van der Waals surface area contributed by atoms with Crippen LogP contribution in [0.15, 0.2) is 0 Å². The Balaban J connectivity index is 0.00000144. The SMILES string of the molecule is CCOC(=O)[C@@H](N)C12CC(C(C)(C)C)(C1)C2.Cl. The molecule has 3 fully saturated rings. The lowest BCUT2D eigenvalue weighted by atomic mass is 9.28. The molecule has 0 aliphatic heterocycles. The average Bonchev–Trinajstić information content (AvgIpc) is 1.96. The molecule has 3 aliphatic carbocycles. The molecule has 3 nitrogen and oxygen atoms in total. The van der Waals surface area contributed by atoms with E-state index in [2.05, 4.69) is 20.8 Å². The number of hydrogen-bond acceptors (Lipinski definition) is 3. The maximum absolute atomic E-state index is 11.6. The van der Waals surface area contributed by atoms with Gasteiger partial charge in [-0.1, -0.05) is 20.8 Å². The van der Waals surface area contributed by atoms with E-state index in [9.17, 15) is 4.79 Å². The van der Waals surface area contributed by atoms with Gasteiger partial charge in [0, 0.05) is 0 Å². The molecule has 1 atom stereocenters. The summed E-state index contributed by atoms with van der Waals surface area (Å²) >= 11 is 0. The average molecular weight is 262 g/mol. The molecule has 0 heterocycles. The molecule has 3 rings (SSSR count). The molecule has 4 heteroatoms. The smallest absolute Gasteiger partial charge is 0.323 e. The second-order valence-corrected chi connectivity index (χ2v) is 6.65. The minimum absolute atomic E-state index is 0. The molecule has 0 unspecified atom stereocenters. The molecule has 3 saturated carbocycles.